The van der Waals surface area contributed by atoms with Crippen LogP contribution in [0.1, 0.15) is 19.5 Å². The Balaban J connectivity index is 2.12. The first-order valence-electron chi connectivity index (χ1n) is 5.97. The topological polar surface area (TPSA) is 58.1 Å². The van der Waals surface area contributed by atoms with Gasteiger partial charge in [0.2, 0.25) is 5.91 Å². The van der Waals surface area contributed by atoms with E-state index in [-0.39, 0.29) is 5.91 Å². The van der Waals surface area contributed by atoms with E-state index in [0.29, 0.717) is 19.0 Å². The Morgan fingerprint density at radius 2 is 2.29 bits per heavy atom. The van der Waals surface area contributed by atoms with Crippen molar-refractivity contribution in [1.82, 2.24) is 15.3 Å². The molecule has 1 aliphatic rings. The van der Waals surface area contributed by atoms with Crippen molar-refractivity contribution in [1.29, 1.82) is 0 Å². The summed E-state index contributed by atoms with van der Waals surface area (Å²) in [4.78, 5) is 21.8. The van der Waals surface area contributed by atoms with Crippen LogP contribution in [0.3, 0.4) is 0 Å². The van der Waals surface area contributed by atoms with Crippen LogP contribution in [0.5, 0.6) is 0 Å². The van der Waals surface area contributed by atoms with Gasteiger partial charge >= 0.3 is 0 Å². The molecular formula is C12H18N4O. The summed E-state index contributed by atoms with van der Waals surface area (Å²) in [5, 5.41) is 2.80. The molecule has 0 saturated carbocycles. The first kappa shape index (κ1) is 11.8. The van der Waals surface area contributed by atoms with E-state index < -0.39 is 0 Å². The molecule has 0 spiro atoms. The summed E-state index contributed by atoms with van der Waals surface area (Å²) < 4.78 is 0. The van der Waals surface area contributed by atoms with E-state index in [9.17, 15) is 4.79 Å². The average molecular weight is 234 g/mol. The maximum Gasteiger partial charge on any atom is 0.239 e. The van der Waals surface area contributed by atoms with Crippen LogP contribution in [0.25, 0.3) is 0 Å². The summed E-state index contributed by atoms with van der Waals surface area (Å²) >= 11 is 0. The Bertz CT molecular complexity index is 405. The lowest BCUT2D eigenvalue weighted by molar-refractivity contribution is -0.120. The van der Waals surface area contributed by atoms with Crippen LogP contribution in [0.4, 0.5) is 5.82 Å². The number of anilines is 1. The Morgan fingerprint density at radius 1 is 1.47 bits per heavy atom. The van der Waals surface area contributed by atoms with E-state index in [1.807, 2.05) is 11.0 Å². The molecule has 1 amide bonds. The van der Waals surface area contributed by atoms with E-state index in [0.717, 1.165) is 24.5 Å². The van der Waals surface area contributed by atoms with Gasteiger partial charge in [-0.15, -0.1) is 0 Å². The zero-order valence-corrected chi connectivity index (χ0v) is 10.3. The molecule has 2 heterocycles. The molecule has 17 heavy (non-hydrogen) atoms. The number of piperazine rings is 1. The molecule has 0 aliphatic carbocycles. The van der Waals surface area contributed by atoms with E-state index in [1.165, 1.54) is 0 Å². The second kappa shape index (κ2) is 5.12. The standard InChI is InChI=1S/C12H18N4O/c1-9(2)5-10-6-11(15-8-14-10)16-4-3-13-12(17)7-16/h6,8-9H,3-5,7H2,1-2H3,(H,13,17). The van der Waals surface area contributed by atoms with Gasteiger partial charge in [-0.05, 0) is 12.3 Å². The lowest BCUT2D eigenvalue weighted by Gasteiger charge is -2.27. The number of carbonyl (C=O) groups is 1. The first-order chi connectivity index (χ1) is 8.15. The highest BCUT2D eigenvalue weighted by Crippen LogP contribution is 2.14. The molecule has 1 N–H and O–H groups in total. The highest BCUT2D eigenvalue weighted by atomic mass is 16.2. The van der Waals surface area contributed by atoms with Gasteiger partial charge in [0, 0.05) is 24.8 Å². The molecule has 0 radical (unpaired) electrons. The van der Waals surface area contributed by atoms with Crippen LogP contribution in [0.2, 0.25) is 0 Å². The van der Waals surface area contributed by atoms with Gasteiger partial charge in [0.05, 0.1) is 6.54 Å². The van der Waals surface area contributed by atoms with Crippen molar-refractivity contribution >= 4 is 11.7 Å². The molecule has 5 heteroatoms. The summed E-state index contributed by atoms with van der Waals surface area (Å²) in [6.07, 6.45) is 2.52. The third-order valence-electron chi connectivity index (χ3n) is 2.69. The highest BCUT2D eigenvalue weighted by molar-refractivity contribution is 5.82. The Morgan fingerprint density at radius 3 is 3.00 bits per heavy atom. The zero-order valence-electron chi connectivity index (χ0n) is 10.3. The number of amides is 1. The molecule has 0 unspecified atom stereocenters. The van der Waals surface area contributed by atoms with E-state index in [2.05, 4.69) is 29.1 Å². The van der Waals surface area contributed by atoms with Gasteiger partial charge in [0.25, 0.3) is 0 Å². The summed E-state index contributed by atoms with van der Waals surface area (Å²) in [7, 11) is 0. The first-order valence-corrected chi connectivity index (χ1v) is 5.97. The molecule has 1 saturated heterocycles. The van der Waals surface area contributed by atoms with Gasteiger partial charge in [0.1, 0.15) is 12.1 Å². The normalized spacial score (nSPS) is 16.2. The largest absolute Gasteiger partial charge is 0.353 e. The SMILES string of the molecule is CC(C)Cc1cc(N2CCNC(=O)C2)ncn1. The molecule has 0 aromatic carbocycles. The van der Waals surface area contributed by atoms with Gasteiger partial charge in [-0.2, -0.15) is 0 Å². The monoisotopic (exact) mass is 234 g/mol. The van der Waals surface area contributed by atoms with Crippen LogP contribution in [0, 0.1) is 5.92 Å². The Hall–Kier alpha value is -1.65. The molecule has 1 fully saturated rings. The van der Waals surface area contributed by atoms with Crippen LogP contribution < -0.4 is 10.2 Å². The lowest BCUT2D eigenvalue weighted by Crippen LogP contribution is -2.48. The number of nitrogens with zero attached hydrogens (tertiary/aromatic N) is 3. The number of aromatic nitrogens is 2. The summed E-state index contributed by atoms with van der Waals surface area (Å²) in [5.41, 5.74) is 1.04. The smallest absolute Gasteiger partial charge is 0.239 e. The lowest BCUT2D eigenvalue weighted by atomic mass is 10.1. The van der Waals surface area contributed by atoms with Crippen molar-refractivity contribution in [3.63, 3.8) is 0 Å². The van der Waals surface area contributed by atoms with Crippen molar-refractivity contribution in [2.24, 2.45) is 5.92 Å². The number of nitrogens with one attached hydrogen (secondary N) is 1. The second-order valence-electron chi connectivity index (χ2n) is 4.74. The number of rotatable bonds is 3. The van der Waals surface area contributed by atoms with Crippen molar-refractivity contribution in [3.8, 4) is 0 Å². The zero-order chi connectivity index (χ0) is 12.3. The average Bonchev–Trinajstić information content (AvgIpc) is 2.28. The molecule has 1 aromatic heterocycles. The van der Waals surface area contributed by atoms with Crippen molar-refractivity contribution in [2.45, 2.75) is 20.3 Å². The summed E-state index contributed by atoms with van der Waals surface area (Å²) in [6, 6.07) is 1.98. The fourth-order valence-electron chi connectivity index (χ4n) is 1.92. The third-order valence-corrected chi connectivity index (χ3v) is 2.69. The predicted molar refractivity (Wildman–Crippen MR) is 65.8 cm³/mol. The summed E-state index contributed by atoms with van der Waals surface area (Å²) in [6.45, 7) is 6.20. The van der Waals surface area contributed by atoms with Crippen LogP contribution in [0.15, 0.2) is 12.4 Å². The Labute approximate surface area is 101 Å². The number of hydrogen-bond acceptors (Lipinski definition) is 4. The van der Waals surface area contributed by atoms with E-state index in [4.69, 9.17) is 0 Å². The molecule has 1 aliphatic heterocycles. The van der Waals surface area contributed by atoms with Crippen LogP contribution >= 0.6 is 0 Å². The van der Waals surface area contributed by atoms with Gasteiger partial charge in [0.15, 0.2) is 0 Å². The van der Waals surface area contributed by atoms with Gasteiger partial charge in [-0.25, -0.2) is 9.97 Å². The molecule has 92 valence electrons. The Kier molecular flexibility index (Phi) is 3.56. The minimum absolute atomic E-state index is 0.0558. The predicted octanol–water partition coefficient (Wildman–Crippen LogP) is 0.611. The maximum atomic E-state index is 11.3. The third kappa shape index (κ3) is 3.15. The molecule has 0 atom stereocenters. The van der Waals surface area contributed by atoms with E-state index >= 15 is 0 Å². The second-order valence-corrected chi connectivity index (χ2v) is 4.74. The van der Waals surface area contributed by atoms with Gasteiger partial charge < -0.3 is 10.2 Å². The van der Waals surface area contributed by atoms with E-state index in [1.54, 1.807) is 6.33 Å². The fraction of sp³-hybridized carbons (Fsp3) is 0.583. The van der Waals surface area contributed by atoms with Crippen molar-refractivity contribution < 1.29 is 4.79 Å². The molecule has 2 rings (SSSR count). The summed E-state index contributed by atoms with van der Waals surface area (Å²) in [5.74, 6) is 1.48. The number of carbonyl (C=O) groups excluding carboxylic acids is 1. The number of hydrogen-bond donors (Lipinski definition) is 1. The van der Waals surface area contributed by atoms with Crippen LogP contribution in [-0.4, -0.2) is 35.5 Å². The van der Waals surface area contributed by atoms with Crippen LogP contribution in [-0.2, 0) is 11.2 Å². The minimum Gasteiger partial charge on any atom is -0.353 e. The highest BCUT2D eigenvalue weighted by Gasteiger charge is 2.17. The van der Waals surface area contributed by atoms with Gasteiger partial charge in [-0.3, -0.25) is 4.79 Å². The van der Waals surface area contributed by atoms with Crippen molar-refractivity contribution in [3.05, 3.63) is 18.1 Å². The molecule has 0 bridgehead atoms. The molecular weight excluding hydrogens is 216 g/mol. The minimum atomic E-state index is 0.0558. The molecule has 1 aromatic rings. The quantitative estimate of drug-likeness (QED) is 0.832. The fourth-order valence-corrected chi connectivity index (χ4v) is 1.92. The van der Waals surface area contributed by atoms with Gasteiger partial charge in [-0.1, -0.05) is 13.8 Å². The maximum absolute atomic E-state index is 11.3. The molecule has 5 nitrogen and oxygen atoms in total. The van der Waals surface area contributed by atoms with Crippen molar-refractivity contribution in [2.75, 3.05) is 24.5 Å².